The number of thioether (sulfide) groups is 1. The van der Waals surface area contributed by atoms with Crippen molar-refractivity contribution in [1.29, 1.82) is 0 Å². The molecule has 0 bridgehead atoms. The van der Waals surface area contributed by atoms with E-state index >= 15 is 0 Å². The van der Waals surface area contributed by atoms with Crippen molar-refractivity contribution in [2.45, 2.75) is 26.7 Å². The van der Waals surface area contributed by atoms with E-state index in [1.165, 1.54) is 12.8 Å². The molecule has 5 heteroatoms. The number of nitrogens with zero attached hydrogens (tertiary/aromatic N) is 1. The summed E-state index contributed by atoms with van der Waals surface area (Å²) in [6, 6.07) is 6.11. The molecule has 0 radical (unpaired) electrons. The molecule has 0 aromatic heterocycles. The Labute approximate surface area is 136 Å². The molecule has 0 amide bonds. The van der Waals surface area contributed by atoms with Crippen LogP contribution in [0.3, 0.4) is 0 Å². The lowest BCUT2D eigenvalue weighted by Crippen LogP contribution is -2.32. The molecule has 1 aliphatic heterocycles. The molecule has 1 aromatic carbocycles. The summed E-state index contributed by atoms with van der Waals surface area (Å²) in [4.78, 5) is 4.72. The van der Waals surface area contributed by atoms with Gasteiger partial charge in [-0.05, 0) is 52.4 Å². The number of nitrogens with one attached hydrogen (secondary N) is 1. The maximum atomic E-state index is 4.72. The van der Waals surface area contributed by atoms with Gasteiger partial charge in [-0.25, -0.2) is 0 Å². The van der Waals surface area contributed by atoms with Gasteiger partial charge in [0.2, 0.25) is 0 Å². The molecule has 0 saturated carbocycles. The smallest absolute Gasteiger partial charge is 0.161 e. The molecule has 0 unspecified atom stereocenters. The van der Waals surface area contributed by atoms with Gasteiger partial charge >= 0.3 is 0 Å². The maximum absolute atomic E-state index is 4.72. The molecule has 1 aromatic rings. The summed E-state index contributed by atoms with van der Waals surface area (Å²) < 4.78 is 2.12. The van der Waals surface area contributed by atoms with Gasteiger partial charge in [-0.3, -0.25) is 4.99 Å². The normalized spacial score (nSPS) is 18.0. The molecular weight excluding hydrogens is 388 g/mol. The molecule has 2 rings (SSSR count). The summed E-state index contributed by atoms with van der Waals surface area (Å²) in [5.41, 5.74) is 1.45. The van der Waals surface area contributed by atoms with Gasteiger partial charge in [0.25, 0.3) is 0 Å². The maximum Gasteiger partial charge on any atom is 0.161 e. The Morgan fingerprint density at radius 3 is 2.63 bits per heavy atom. The molecule has 0 spiro atoms. The predicted molar refractivity (Wildman–Crippen MR) is 93.2 cm³/mol. The van der Waals surface area contributed by atoms with Gasteiger partial charge in [-0.15, -0.1) is 0 Å². The fourth-order valence-electron chi connectivity index (χ4n) is 2.01. The number of benzene rings is 1. The lowest BCUT2D eigenvalue weighted by molar-refractivity contribution is 0.318. The first kappa shape index (κ1) is 15.4. The van der Waals surface area contributed by atoms with Gasteiger partial charge in [0.15, 0.2) is 5.17 Å². The summed E-state index contributed by atoms with van der Waals surface area (Å²) in [6.07, 6.45) is 2.40. The minimum absolute atomic E-state index is 0.393. The third kappa shape index (κ3) is 3.76. The van der Waals surface area contributed by atoms with E-state index in [1.807, 2.05) is 23.9 Å². The molecule has 1 N–H and O–H groups in total. The monoisotopic (exact) mass is 404 g/mol. The van der Waals surface area contributed by atoms with Crippen molar-refractivity contribution in [2.75, 3.05) is 17.6 Å². The van der Waals surface area contributed by atoms with E-state index in [1.54, 1.807) is 0 Å². The largest absolute Gasteiger partial charge is 0.334 e. The topological polar surface area (TPSA) is 24.4 Å². The van der Waals surface area contributed by atoms with E-state index in [-0.39, 0.29) is 0 Å². The van der Waals surface area contributed by atoms with Gasteiger partial charge < -0.3 is 5.32 Å². The van der Waals surface area contributed by atoms with Crippen LogP contribution in [-0.2, 0) is 0 Å². The fourth-order valence-corrected chi connectivity index (χ4v) is 4.00. The Morgan fingerprint density at radius 2 is 2.05 bits per heavy atom. The molecule has 0 atom stereocenters. The predicted octanol–water partition coefficient (Wildman–Crippen LogP) is 5.53. The van der Waals surface area contributed by atoms with E-state index < -0.39 is 0 Å². The highest BCUT2D eigenvalue weighted by Crippen LogP contribution is 2.36. The van der Waals surface area contributed by atoms with Crippen LogP contribution in [0.5, 0.6) is 0 Å². The minimum Gasteiger partial charge on any atom is -0.334 e. The second-order valence-corrected chi connectivity index (χ2v) is 7.60. The highest BCUT2D eigenvalue weighted by atomic mass is 79.9. The van der Waals surface area contributed by atoms with Crippen LogP contribution in [0.4, 0.5) is 5.69 Å². The van der Waals surface area contributed by atoms with Gasteiger partial charge in [0, 0.05) is 21.2 Å². The van der Waals surface area contributed by atoms with E-state index in [0.29, 0.717) is 5.41 Å². The minimum atomic E-state index is 0.393. The molecule has 19 heavy (non-hydrogen) atoms. The Hall–Kier alpha value is -0.000000000000000111. The van der Waals surface area contributed by atoms with Crippen molar-refractivity contribution >= 4 is 54.5 Å². The van der Waals surface area contributed by atoms with E-state index in [2.05, 4.69) is 57.1 Å². The van der Waals surface area contributed by atoms with Crippen LogP contribution in [0.1, 0.15) is 26.7 Å². The third-order valence-electron chi connectivity index (χ3n) is 3.74. The van der Waals surface area contributed by atoms with Crippen LogP contribution in [0, 0.1) is 5.41 Å². The third-order valence-corrected chi connectivity index (χ3v) is 6.19. The molecule has 2 nitrogen and oxygen atoms in total. The van der Waals surface area contributed by atoms with Crippen LogP contribution in [0.2, 0.25) is 0 Å². The number of hydrogen-bond donors (Lipinski definition) is 1. The van der Waals surface area contributed by atoms with Gasteiger partial charge in [-0.1, -0.05) is 41.5 Å². The van der Waals surface area contributed by atoms with Crippen LogP contribution in [0.15, 0.2) is 32.1 Å². The number of aliphatic imine (C=N–C) groups is 1. The standard InChI is InChI=1S/C14H18Br2N2S/c1-3-14(4-2)8-17-13(19-9-14)18-12-7-10(15)5-6-11(12)16/h5-7H,3-4,8-9H2,1-2H3,(H,17,18). The lowest BCUT2D eigenvalue weighted by atomic mass is 9.84. The number of hydrogen-bond acceptors (Lipinski definition) is 3. The second kappa shape index (κ2) is 6.64. The summed E-state index contributed by atoms with van der Waals surface area (Å²) >= 11 is 8.88. The number of amidine groups is 1. The second-order valence-electron chi connectivity index (χ2n) is 4.87. The van der Waals surface area contributed by atoms with Crippen molar-refractivity contribution in [3.63, 3.8) is 0 Å². The summed E-state index contributed by atoms with van der Waals surface area (Å²) in [5.74, 6) is 1.15. The Bertz CT molecular complexity index is 484. The first-order valence-electron chi connectivity index (χ1n) is 6.48. The van der Waals surface area contributed by atoms with E-state index in [0.717, 1.165) is 32.1 Å². The summed E-state index contributed by atoms with van der Waals surface area (Å²) in [5, 5.41) is 4.44. The quantitative estimate of drug-likeness (QED) is 0.714. The lowest BCUT2D eigenvalue weighted by Gasteiger charge is -2.33. The Kier molecular flexibility index (Phi) is 5.37. The number of halogens is 2. The van der Waals surface area contributed by atoms with Gasteiger partial charge in [-0.2, -0.15) is 0 Å². The van der Waals surface area contributed by atoms with Crippen LogP contribution in [-0.4, -0.2) is 17.5 Å². The van der Waals surface area contributed by atoms with Gasteiger partial charge in [0.1, 0.15) is 0 Å². The average Bonchev–Trinajstić information content (AvgIpc) is 2.44. The molecule has 1 heterocycles. The zero-order valence-electron chi connectivity index (χ0n) is 11.2. The zero-order chi connectivity index (χ0) is 13.9. The molecule has 1 aliphatic rings. The SMILES string of the molecule is CCC1(CC)CN=C(Nc2cc(Br)ccc2Br)SC1. The van der Waals surface area contributed by atoms with Crippen LogP contribution in [0.25, 0.3) is 0 Å². The highest BCUT2D eigenvalue weighted by Gasteiger charge is 2.30. The van der Waals surface area contributed by atoms with Crippen LogP contribution < -0.4 is 5.32 Å². The number of rotatable bonds is 3. The van der Waals surface area contributed by atoms with E-state index in [4.69, 9.17) is 4.99 Å². The zero-order valence-corrected chi connectivity index (χ0v) is 15.2. The van der Waals surface area contributed by atoms with Gasteiger partial charge in [0.05, 0.1) is 5.69 Å². The summed E-state index contributed by atoms with van der Waals surface area (Å²) in [6.45, 7) is 5.47. The van der Waals surface area contributed by atoms with Crippen molar-refractivity contribution in [1.82, 2.24) is 0 Å². The molecular formula is C14H18Br2N2S. The molecule has 0 saturated heterocycles. The van der Waals surface area contributed by atoms with E-state index in [9.17, 15) is 0 Å². The first-order chi connectivity index (χ1) is 9.08. The highest BCUT2D eigenvalue weighted by molar-refractivity contribution is 9.11. The average molecular weight is 406 g/mol. The molecule has 0 aliphatic carbocycles. The van der Waals surface area contributed by atoms with Crippen molar-refractivity contribution in [3.8, 4) is 0 Å². The number of anilines is 1. The van der Waals surface area contributed by atoms with Crippen molar-refractivity contribution in [3.05, 3.63) is 27.1 Å². The van der Waals surface area contributed by atoms with Crippen LogP contribution >= 0.6 is 43.6 Å². The van der Waals surface area contributed by atoms with Crippen molar-refractivity contribution < 1.29 is 0 Å². The summed E-state index contributed by atoms with van der Waals surface area (Å²) in [7, 11) is 0. The fraction of sp³-hybridized carbons (Fsp3) is 0.500. The van der Waals surface area contributed by atoms with Crippen molar-refractivity contribution in [2.24, 2.45) is 10.4 Å². The molecule has 0 fully saturated rings. The first-order valence-corrected chi connectivity index (χ1v) is 9.05. The Morgan fingerprint density at radius 1 is 1.32 bits per heavy atom. The molecule has 104 valence electrons. The Balaban J connectivity index is 2.09.